The van der Waals surface area contributed by atoms with Crippen LogP contribution in [0.4, 0.5) is 0 Å². The second-order valence-corrected chi connectivity index (χ2v) is 4.85. The number of hydrogen-bond acceptors (Lipinski definition) is 3. The lowest BCUT2D eigenvalue weighted by Crippen LogP contribution is -2.26. The number of aromatic amines is 1. The van der Waals surface area contributed by atoms with Crippen LogP contribution < -0.4 is 0 Å². The molecule has 0 aliphatic heterocycles. The molecule has 3 rings (SSSR count). The summed E-state index contributed by atoms with van der Waals surface area (Å²) < 4.78 is 5.60. The van der Waals surface area contributed by atoms with Gasteiger partial charge in [-0.25, -0.2) is 4.98 Å². The van der Waals surface area contributed by atoms with Gasteiger partial charge in [0.2, 0.25) is 0 Å². The van der Waals surface area contributed by atoms with E-state index in [-0.39, 0.29) is 5.91 Å². The summed E-state index contributed by atoms with van der Waals surface area (Å²) in [5.41, 5.74) is 1.87. The maximum Gasteiger partial charge on any atom is 0.289 e. The van der Waals surface area contributed by atoms with Gasteiger partial charge < -0.3 is 14.3 Å². The van der Waals surface area contributed by atoms with Gasteiger partial charge in [0.15, 0.2) is 5.76 Å². The summed E-state index contributed by atoms with van der Waals surface area (Å²) in [7, 11) is 1.73. The lowest BCUT2D eigenvalue weighted by atomic mass is 10.2. The molecule has 0 aliphatic carbocycles. The number of furan rings is 1. The Kier molecular flexibility index (Phi) is 3.02. The van der Waals surface area contributed by atoms with Crippen molar-refractivity contribution >= 4 is 16.9 Å². The predicted octanol–water partition coefficient (Wildman–Crippen LogP) is 2.74. The minimum absolute atomic E-state index is 0.157. The molecular formula is C15H15N3O2. The van der Waals surface area contributed by atoms with Gasteiger partial charge >= 0.3 is 0 Å². The molecule has 1 aromatic carbocycles. The third kappa shape index (κ3) is 2.30. The van der Waals surface area contributed by atoms with Gasteiger partial charge in [-0.3, -0.25) is 4.79 Å². The number of nitrogens with one attached hydrogen (secondary N) is 1. The van der Waals surface area contributed by atoms with Crippen molar-refractivity contribution in [2.75, 3.05) is 7.05 Å². The Morgan fingerprint density at radius 1 is 1.40 bits per heavy atom. The molecule has 3 aromatic rings. The molecule has 5 heteroatoms. The zero-order valence-corrected chi connectivity index (χ0v) is 11.4. The highest BCUT2D eigenvalue weighted by molar-refractivity contribution is 5.96. The van der Waals surface area contributed by atoms with Gasteiger partial charge in [0.05, 0.1) is 6.54 Å². The van der Waals surface area contributed by atoms with Crippen molar-refractivity contribution in [3.63, 3.8) is 0 Å². The second-order valence-electron chi connectivity index (χ2n) is 4.85. The first-order chi connectivity index (χ1) is 9.63. The monoisotopic (exact) mass is 269 g/mol. The van der Waals surface area contributed by atoms with Crippen LogP contribution in [0.25, 0.3) is 11.0 Å². The van der Waals surface area contributed by atoms with Gasteiger partial charge in [0.1, 0.15) is 11.4 Å². The van der Waals surface area contributed by atoms with E-state index in [1.54, 1.807) is 30.4 Å². The van der Waals surface area contributed by atoms with E-state index in [0.717, 1.165) is 22.4 Å². The van der Waals surface area contributed by atoms with Crippen LogP contribution >= 0.6 is 0 Å². The number of carbonyl (C=O) groups is 1. The first kappa shape index (κ1) is 12.5. The van der Waals surface area contributed by atoms with E-state index in [0.29, 0.717) is 12.3 Å². The Hall–Kier alpha value is -2.56. The molecule has 0 saturated heterocycles. The number of hydrogen-bond donors (Lipinski definition) is 1. The van der Waals surface area contributed by atoms with Gasteiger partial charge in [-0.2, -0.15) is 0 Å². The number of aromatic nitrogens is 2. The summed E-state index contributed by atoms with van der Waals surface area (Å²) in [6.07, 6.45) is 3.40. The van der Waals surface area contributed by atoms with Crippen molar-refractivity contribution in [1.82, 2.24) is 14.9 Å². The van der Waals surface area contributed by atoms with Crippen LogP contribution in [0.1, 0.15) is 21.9 Å². The number of nitrogens with zero attached hydrogens (tertiary/aromatic N) is 2. The Balaban J connectivity index is 1.84. The number of carbonyl (C=O) groups excluding carboxylic acids is 1. The molecule has 1 N–H and O–H groups in total. The molecule has 0 spiro atoms. The first-order valence-electron chi connectivity index (χ1n) is 6.37. The molecule has 2 aromatic heterocycles. The highest BCUT2D eigenvalue weighted by Crippen LogP contribution is 2.21. The van der Waals surface area contributed by atoms with E-state index in [1.165, 1.54) is 0 Å². The van der Waals surface area contributed by atoms with Crippen LogP contribution in [-0.2, 0) is 6.54 Å². The quantitative estimate of drug-likeness (QED) is 0.795. The van der Waals surface area contributed by atoms with Gasteiger partial charge in [0.25, 0.3) is 5.91 Å². The van der Waals surface area contributed by atoms with Crippen molar-refractivity contribution in [1.29, 1.82) is 0 Å². The number of benzene rings is 1. The molecule has 102 valence electrons. The minimum Gasteiger partial charge on any atom is -0.451 e. The summed E-state index contributed by atoms with van der Waals surface area (Å²) >= 11 is 0. The summed E-state index contributed by atoms with van der Waals surface area (Å²) in [6.45, 7) is 2.43. The average Bonchev–Trinajstić information content (AvgIpc) is 3.06. The van der Waals surface area contributed by atoms with E-state index in [4.69, 9.17) is 4.42 Å². The van der Waals surface area contributed by atoms with Crippen LogP contribution in [0.3, 0.4) is 0 Å². The van der Waals surface area contributed by atoms with E-state index >= 15 is 0 Å². The second kappa shape index (κ2) is 4.85. The number of H-pyrrole nitrogens is 1. The molecule has 1 amide bonds. The molecule has 2 heterocycles. The van der Waals surface area contributed by atoms with Crippen molar-refractivity contribution in [3.05, 3.63) is 53.8 Å². The zero-order valence-electron chi connectivity index (χ0n) is 11.4. The highest BCUT2D eigenvalue weighted by Gasteiger charge is 2.17. The first-order valence-corrected chi connectivity index (χ1v) is 6.37. The molecular weight excluding hydrogens is 254 g/mol. The number of amides is 1. The molecule has 0 unspecified atom stereocenters. The number of fused-ring (bicyclic) bond motifs is 1. The Morgan fingerprint density at radius 3 is 3.00 bits per heavy atom. The Morgan fingerprint density at radius 2 is 2.25 bits per heavy atom. The molecule has 0 atom stereocenters. The maximum atomic E-state index is 12.3. The molecule has 0 radical (unpaired) electrons. The van der Waals surface area contributed by atoms with Crippen molar-refractivity contribution < 1.29 is 9.21 Å². The SMILES string of the molecule is Cc1ccc2oc(C(=O)N(C)Cc3ncc[nH]3)cc2c1. The van der Waals surface area contributed by atoms with Crippen LogP contribution in [0.15, 0.2) is 41.1 Å². The van der Waals surface area contributed by atoms with Gasteiger partial charge in [-0.1, -0.05) is 11.6 Å². The normalized spacial score (nSPS) is 10.9. The molecule has 0 saturated carbocycles. The van der Waals surface area contributed by atoms with Crippen LogP contribution in [0, 0.1) is 6.92 Å². The Bertz CT molecular complexity index is 744. The van der Waals surface area contributed by atoms with Crippen molar-refractivity contribution in [2.45, 2.75) is 13.5 Å². The van der Waals surface area contributed by atoms with Crippen LogP contribution in [-0.4, -0.2) is 27.8 Å². The van der Waals surface area contributed by atoms with Gasteiger partial charge in [-0.15, -0.1) is 0 Å². The average molecular weight is 269 g/mol. The lowest BCUT2D eigenvalue weighted by Gasteiger charge is -2.13. The third-order valence-electron chi connectivity index (χ3n) is 3.17. The highest BCUT2D eigenvalue weighted by atomic mass is 16.3. The van der Waals surface area contributed by atoms with E-state index in [9.17, 15) is 4.79 Å². The fourth-order valence-corrected chi connectivity index (χ4v) is 2.14. The summed E-state index contributed by atoms with van der Waals surface area (Å²) in [6, 6.07) is 7.63. The van der Waals surface area contributed by atoms with E-state index < -0.39 is 0 Å². The predicted molar refractivity (Wildman–Crippen MR) is 75.3 cm³/mol. The molecule has 0 bridgehead atoms. The fourth-order valence-electron chi connectivity index (χ4n) is 2.14. The molecule has 0 aliphatic rings. The number of rotatable bonds is 3. The largest absolute Gasteiger partial charge is 0.451 e. The molecule has 5 nitrogen and oxygen atoms in total. The minimum atomic E-state index is -0.157. The Labute approximate surface area is 116 Å². The van der Waals surface area contributed by atoms with Crippen LogP contribution in [0.2, 0.25) is 0 Å². The number of aryl methyl sites for hydroxylation is 1. The van der Waals surface area contributed by atoms with E-state index in [1.807, 2.05) is 25.1 Å². The summed E-state index contributed by atoms with van der Waals surface area (Å²) in [5, 5.41) is 0.944. The van der Waals surface area contributed by atoms with Crippen molar-refractivity contribution in [3.8, 4) is 0 Å². The number of imidazole rings is 1. The topological polar surface area (TPSA) is 62.1 Å². The zero-order chi connectivity index (χ0) is 14.1. The smallest absolute Gasteiger partial charge is 0.289 e. The summed E-state index contributed by atoms with van der Waals surface area (Å²) in [5.74, 6) is 0.933. The van der Waals surface area contributed by atoms with Gasteiger partial charge in [-0.05, 0) is 25.1 Å². The van der Waals surface area contributed by atoms with Crippen molar-refractivity contribution in [2.24, 2.45) is 0 Å². The van der Waals surface area contributed by atoms with Crippen LogP contribution in [0.5, 0.6) is 0 Å². The summed E-state index contributed by atoms with van der Waals surface area (Å²) in [4.78, 5) is 21.0. The molecule has 0 fully saturated rings. The van der Waals surface area contributed by atoms with E-state index in [2.05, 4.69) is 9.97 Å². The lowest BCUT2D eigenvalue weighted by molar-refractivity contribution is 0.0752. The third-order valence-corrected chi connectivity index (χ3v) is 3.17. The fraction of sp³-hybridized carbons (Fsp3) is 0.200. The van der Waals surface area contributed by atoms with Gasteiger partial charge in [0, 0.05) is 24.8 Å². The molecule has 20 heavy (non-hydrogen) atoms. The maximum absolute atomic E-state index is 12.3. The standard InChI is InChI=1S/C15H15N3O2/c1-10-3-4-12-11(7-10)8-13(20-12)15(19)18(2)9-14-16-5-6-17-14/h3-8H,9H2,1-2H3,(H,16,17).